The van der Waals surface area contributed by atoms with Gasteiger partial charge < -0.3 is 15.2 Å². The Morgan fingerprint density at radius 2 is 1.67 bits per heavy atom. The van der Waals surface area contributed by atoms with Crippen LogP contribution in [-0.4, -0.2) is 42.5 Å². The number of nitrogens with one attached hydrogen (secondary N) is 1. The van der Waals surface area contributed by atoms with Gasteiger partial charge in [-0.1, -0.05) is 33.8 Å². The highest BCUT2D eigenvalue weighted by Crippen LogP contribution is 2.88. The summed E-state index contributed by atoms with van der Waals surface area (Å²) in [5, 5.41) is 12.4. The van der Waals surface area contributed by atoms with Crippen LogP contribution in [0, 0.1) is 38.9 Å². The molecule has 5 aliphatic carbocycles. The van der Waals surface area contributed by atoms with E-state index in [1.807, 2.05) is 0 Å². The van der Waals surface area contributed by atoms with Crippen molar-refractivity contribution < 1.29 is 24.2 Å². The lowest BCUT2D eigenvalue weighted by Crippen LogP contribution is -2.59. The first-order valence-corrected chi connectivity index (χ1v) is 13.7. The summed E-state index contributed by atoms with van der Waals surface area (Å²) in [6.07, 6.45) is 11.3. The zero-order valence-corrected chi connectivity index (χ0v) is 23.4. The molecule has 0 radical (unpaired) electrons. The van der Waals surface area contributed by atoms with Gasteiger partial charge in [0.25, 0.3) is 0 Å². The Balaban J connectivity index is 0.00000304. The standard InChI is InChI=1S/C29H43NO5.ClH/c1-25(2)20-6-7-21-27(4)12-10-18(19(31)16-35-24(34)9-8-23(32)33)26(27,3)14-15-29(21)17-28(20,29)13-11-22(25)30-5;/h10,20-22,30H,6-9,11-17H2,1-5H3,(H,32,33);1H/t20-,21-,22-,26+,27-,28+,29-;/m0./s1. The topological polar surface area (TPSA) is 92.7 Å². The van der Waals surface area contributed by atoms with Crippen molar-refractivity contribution in [1.82, 2.24) is 5.32 Å². The maximum atomic E-state index is 13.3. The number of halogens is 1. The average molecular weight is 522 g/mol. The Morgan fingerprint density at radius 1 is 1.00 bits per heavy atom. The zero-order valence-electron chi connectivity index (χ0n) is 22.6. The van der Waals surface area contributed by atoms with Crippen molar-refractivity contribution in [3.05, 3.63) is 11.6 Å². The fourth-order valence-corrected chi connectivity index (χ4v) is 10.3. The summed E-state index contributed by atoms with van der Waals surface area (Å²) < 4.78 is 5.17. The molecule has 36 heavy (non-hydrogen) atoms. The Kier molecular flexibility index (Phi) is 6.78. The van der Waals surface area contributed by atoms with E-state index in [1.165, 1.54) is 38.5 Å². The van der Waals surface area contributed by atoms with Crippen molar-refractivity contribution in [1.29, 1.82) is 0 Å². The van der Waals surface area contributed by atoms with E-state index in [-0.39, 0.29) is 48.5 Å². The van der Waals surface area contributed by atoms with Crippen LogP contribution < -0.4 is 5.32 Å². The van der Waals surface area contributed by atoms with E-state index in [0.717, 1.165) is 24.3 Å². The molecule has 0 aromatic rings. The Labute approximate surface area is 221 Å². The number of carboxylic acids is 1. The molecule has 0 heterocycles. The molecule has 7 atom stereocenters. The lowest BCUT2D eigenvalue weighted by molar-refractivity contribution is -0.151. The number of rotatable bonds is 7. The van der Waals surface area contributed by atoms with Gasteiger partial charge in [0.15, 0.2) is 12.4 Å². The van der Waals surface area contributed by atoms with E-state index < -0.39 is 11.9 Å². The third-order valence-corrected chi connectivity index (χ3v) is 12.2. The molecule has 0 unspecified atom stereocenters. The molecule has 4 fully saturated rings. The number of carbonyl (C=O) groups is 3. The van der Waals surface area contributed by atoms with E-state index in [2.05, 4.69) is 46.1 Å². The van der Waals surface area contributed by atoms with Crippen LogP contribution in [-0.2, 0) is 19.1 Å². The number of esters is 1. The molecular weight excluding hydrogens is 478 g/mol. The van der Waals surface area contributed by atoms with E-state index in [4.69, 9.17) is 9.84 Å². The highest BCUT2D eigenvalue weighted by atomic mass is 35.5. The van der Waals surface area contributed by atoms with Gasteiger partial charge in [-0.25, -0.2) is 0 Å². The molecule has 0 aromatic carbocycles. The second kappa shape index (κ2) is 8.83. The SMILES string of the molecule is CN[C@H]1CC[C@]23C[C@]24CC[C@]2(C)C(C(=O)COC(=O)CCC(=O)O)=CC[C@@]2(C)[C@@H]4CC[C@H]3C1(C)C.Cl. The molecule has 2 spiro atoms. The molecule has 0 aromatic heterocycles. The smallest absolute Gasteiger partial charge is 0.306 e. The van der Waals surface area contributed by atoms with E-state index in [9.17, 15) is 14.4 Å². The molecule has 0 saturated heterocycles. The number of Topliss-reactive ketones (excluding diaryl/α,β-unsaturated/α-hetero) is 1. The quantitative estimate of drug-likeness (QED) is 0.440. The largest absolute Gasteiger partial charge is 0.481 e. The molecule has 0 amide bonds. The lowest BCUT2D eigenvalue weighted by atomic mass is 9.42. The summed E-state index contributed by atoms with van der Waals surface area (Å²) in [7, 11) is 2.12. The first-order chi connectivity index (χ1) is 16.4. The lowest BCUT2D eigenvalue weighted by Gasteiger charge is -2.63. The number of hydrogen-bond acceptors (Lipinski definition) is 5. The third-order valence-electron chi connectivity index (χ3n) is 12.2. The maximum absolute atomic E-state index is 13.3. The summed E-state index contributed by atoms with van der Waals surface area (Å²) >= 11 is 0. The van der Waals surface area contributed by atoms with E-state index in [1.54, 1.807) is 0 Å². The van der Waals surface area contributed by atoms with Crippen LogP contribution in [0.5, 0.6) is 0 Å². The summed E-state index contributed by atoms with van der Waals surface area (Å²) in [4.78, 5) is 35.8. The number of carbonyl (C=O) groups excluding carboxylic acids is 2. The van der Waals surface area contributed by atoms with Crippen LogP contribution in [0.3, 0.4) is 0 Å². The number of hydrogen-bond donors (Lipinski definition) is 2. The highest BCUT2D eigenvalue weighted by molar-refractivity contribution is 5.99. The van der Waals surface area contributed by atoms with Gasteiger partial charge in [0.2, 0.25) is 0 Å². The second-order valence-corrected chi connectivity index (χ2v) is 13.4. The molecule has 202 valence electrons. The summed E-state index contributed by atoms with van der Waals surface area (Å²) in [5.41, 5.74) is 1.92. The minimum atomic E-state index is -1.04. The molecular formula is C29H44ClNO5. The number of fused-ring (bicyclic) bond motifs is 2. The van der Waals surface area contributed by atoms with Crippen LogP contribution in [0.15, 0.2) is 11.6 Å². The zero-order chi connectivity index (χ0) is 25.4. The maximum Gasteiger partial charge on any atom is 0.306 e. The van der Waals surface area contributed by atoms with Crippen LogP contribution in [0.1, 0.15) is 91.9 Å². The van der Waals surface area contributed by atoms with Gasteiger partial charge in [-0.3, -0.25) is 14.4 Å². The van der Waals surface area contributed by atoms with Crippen molar-refractivity contribution in [3.63, 3.8) is 0 Å². The number of aliphatic carboxylic acids is 1. The van der Waals surface area contributed by atoms with Gasteiger partial charge in [0.1, 0.15) is 0 Å². The second-order valence-electron chi connectivity index (χ2n) is 13.4. The number of ketones is 1. The van der Waals surface area contributed by atoms with Crippen molar-refractivity contribution >= 4 is 30.1 Å². The van der Waals surface area contributed by atoms with Gasteiger partial charge >= 0.3 is 11.9 Å². The molecule has 2 N–H and O–H groups in total. The van der Waals surface area contributed by atoms with E-state index in [0.29, 0.717) is 28.2 Å². The van der Waals surface area contributed by atoms with Crippen molar-refractivity contribution in [2.75, 3.05) is 13.7 Å². The Morgan fingerprint density at radius 3 is 2.33 bits per heavy atom. The van der Waals surface area contributed by atoms with Crippen molar-refractivity contribution in [2.24, 2.45) is 38.9 Å². The van der Waals surface area contributed by atoms with Gasteiger partial charge in [-0.2, -0.15) is 0 Å². The van der Waals surface area contributed by atoms with Crippen LogP contribution in [0.25, 0.3) is 0 Å². The van der Waals surface area contributed by atoms with Gasteiger partial charge in [0, 0.05) is 17.0 Å². The number of allylic oxidation sites excluding steroid dienone is 1. The fraction of sp³-hybridized carbons (Fsp3) is 0.828. The van der Waals surface area contributed by atoms with E-state index >= 15 is 0 Å². The third kappa shape index (κ3) is 3.49. The average Bonchev–Trinajstić information content (AvgIpc) is 3.38. The predicted octanol–water partition coefficient (Wildman–Crippen LogP) is 5.33. The fourth-order valence-electron chi connectivity index (χ4n) is 10.3. The Hall–Kier alpha value is -1.40. The minimum absolute atomic E-state index is 0. The van der Waals surface area contributed by atoms with Crippen molar-refractivity contribution in [2.45, 2.75) is 97.9 Å². The first kappa shape index (κ1) is 27.6. The summed E-state index contributed by atoms with van der Waals surface area (Å²) in [6.45, 7) is 9.42. The molecule has 7 heteroatoms. The van der Waals surface area contributed by atoms with Crippen LogP contribution >= 0.6 is 12.4 Å². The van der Waals surface area contributed by atoms with Gasteiger partial charge in [-0.15, -0.1) is 12.4 Å². The van der Waals surface area contributed by atoms with Gasteiger partial charge in [-0.05, 0) is 91.9 Å². The summed E-state index contributed by atoms with van der Waals surface area (Å²) in [5.74, 6) is -0.363. The monoisotopic (exact) mass is 521 g/mol. The first-order valence-electron chi connectivity index (χ1n) is 13.7. The van der Waals surface area contributed by atoms with Crippen molar-refractivity contribution in [3.8, 4) is 0 Å². The molecule has 4 saturated carbocycles. The molecule has 5 aliphatic rings. The molecule has 0 aliphatic heterocycles. The predicted molar refractivity (Wildman–Crippen MR) is 140 cm³/mol. The molecule has 5 rings (SSSR count). The van der Waals surface area contributed by atoms with Crippen LogP contribution in [0.4, 0.5) is 0 Å². The normalized spacial score (nSPS) is 43.5. The molecule has 6 nitrogen and oxygen atoms in total. The number of carboxylic acid groups (broad SMARTS) is 1. The summed E-state index contributed by atoms with van der Waals surface area (Å²) in [6, 6.07) is 0.590. The number of ether oxygens (including phenoxy) is 1. The van der Waals surface area contributed by atoms with Gasteiger partial charge in [0.05, 0.1) is 12.8 Å². The Bertz CT molecular complexity index is 992. The minimum Gasteiger partial charge on any atom is -0.481 e. The highest BCUT2D eigenvalue weighted by Gasteiger charge is 2.81. The van der Waals surface area contributed by atoms with Crippen LogP contribution in [0.2, 0.25) is 0 Å². The molecule has 0 bridgehead atoms.